The number of rotatable bonds is 4. The Hall–Kier alpha value is -1.63. The predicted molar refractivity (Wildman–Crippen MR) is 76.0 cm³/mol. The normalized spacial score (nSPS) is 12.8. The number of nitrogens with zero attached hydrogens (tertiary/aromatic N) is 2. The maximum atomic E-state index is 11.7. The lowest BCUT2D eigenvalue weighted by atomic mass is 10.2. The third kappa shape index (κ3) is 2.70. The van der Waals surface area contributed by atoms with E-state index in [1.54, 1.807) is 13.8 Å². The van der Waals surface area contributed by atoms with E-state index >= 15 is 0 Å². The van der Waals surface area contributed by atoms with Crippen LogP contribution in [0.2, 0.25) is 0 Å². The summed E-state index contributed by atoms with van der Waals surface area (Å²) in [5.74, 6) is 0.620. The molecule has 0 unspecified atom stereocenters. The number of aromatic amines is 1. The summed E-state index contributed by atoms with van der Waals surface area (Å²) in [4.78, 5) is 11.5. The summed E-state index contributed by atoms with van der Waals surface area (Å²) >= 11 is 0. The van der Waals surface area contributed by atoms with E-state index in [9.17, 15) is 8.42 Å². The van der Waals surface area contributed by atoms with Crippen LogP contribution in [0.25, 0.3) is 11.0 Å². The molecular weight excluding hydrogens is 264 g/mol. The van der Waals surface area contributed by atoms with Crippen molar-refractivity contribution in [3.63, 3.8) is 0 Å². The minimum absolute atomic E-state index is 0.288. The lowest BCUT2D eigenvalue weighted by molar-refractivity contribution is 0.559. The van der Waals surface area contributed by atoms with Gasteiger partial charge in [0.15, 0.2) is 15.7 Å². The summed E-state index contributed by atoms with van der Waals surface area (Å²) in [5, 5.41) is 3.09. The van der Waals surface area contributed by atoms with Crippen molar-refractivity contribution in [2.75, 3.05) is 18.1 Å². The number of hydrogen-bond acceptors (Lipinski definition) is 5. The molecular formula is C12H18N4O2S. The van der Waals surface area contributed by atoms with E-state index in [4.69, 9.17) is 0 Å². The molecule has 6 nitrogen and oxygen atoms in total. The van der Waals surface area contributed by atoms with E-state index < -0.39 is 14.6 Å². The van der Waals surface area contributed by atoms with Crippen LogP contribution in [-0.2, 0) is 9.84 Å². The average molecular weight is 282 g/mol. The molecule has 0 aliphatic rings. The van der Waals surface area contributed by atoms with Crippen molar-refractivity contribution in [1.82, 2.24) is 15.0 Å². The molecule has 0 saturated carbocycles. The SMILES string of the molecule is Cc1cc2ncnc(NCC(C)(C)S(C)(=O)=O)c2[nH]1. The molecule has 0 aromatic carbocycles. The van der Waals surface area contributed by atoms with E-state index in [-0.39, 0.29) is 6.54 Å². The standard InChI is InChI=1S/C12H18N4O2S/c1-8-5-9-10(16-8)11(15-7-14-9)13-6-12(2,3)19(4,17)18/h5,7,16H,6H2,1-4H3,(H,13,14,15). The van der Waals surface area contributed by atoms with Crippen molar-refractivity contribution in [3.05, 3.63) is 18.1 Å². The quantitative estimate of drug-likeness (QED) is 0.887. The zero-order valence-corrected chi connectivity index (χ0v) is 12.3. The third-order valence-electron chi connectivity index (χ3n) is 3.24. The summed E-state index contributed by atoms with van der Waals surface area (Å²) in [6, 6.07) is 1.92. The molecule has 0 bridgehead atoms. The lowest BCUT2D eigenvalue weighted by Crippen LogP contribution is -2.38. The lowest BCUT2D eigenvalue weighted by Gasteiger charge is -2.23. The summed E-state index contributed by atoms with van der Waals surface area (Å²) in [5.41, 5.74) is 2.59. The molecule has 2 N–H and O–H groups in total. The van der Waals surface area contributed by atoms with Gasteiger partial charge in [-0.25, -0.2) is 18.4 Å². The molecule has 2 aromatic rings. The Morgan fingerprint density at radius 1 is 1.37 bits per heavy atom. The Morgan fingerprint density at radius 3 is 2.68 bits per heavy atom. The van der Waals surface area contributed by atoms with E-state index in [0.717, 1.165) is 16.7 Å². The van der Waals surface area contributed by atoms with Crippen LogP contribution in [0.4, 0.5) is 5.82 Å². The van der Waals surface area contributed by atoms with Crippen LogP contribution in [0, 0.1) is 6.92 Å². The second kappa shape index (κ2) is 4.48. The Morgan fingerprint density at radius 2 is 2.05 bits per heavy atom. The summed E-state index contributed by atoms with van der Waals surface area (Å²) < 4.78 is 22.5. The molecule has 0 fully saturated rings. The van der Waals surface area contributed by atoms with Crippen molar-refractivity contribution in [2.24, 2.45) is 0 Å². The number of sulfone groups is 1. The van der Waals surface area contributed by atoms with Crippen LogP contribution in [0.5, 0.6) is 0 Å². The van der Waals surface area contributed by atoms with Crippen LogP contribution in [0.3, 0.4) is 0 Å². The highest BCUT2D eigenvalue weighted by molar-refractivity contribution is 7.92. The number of anilines is 1. The predicted octanol–water partition coefficient (Wildman–Crippen LogP) is 1.50. The average Bonchev–Trinajstić information content (AvgIpc) is 2.65. The first-order valence-corrected chi connectivity index (χ1v) is 7.84. The molecule has 0 saturated heterocycles. The number of nitrogens with one attached hydrogen (secondary N) is 2. The Balaban J connectivity index is 2.28. The minimum atomic E-state index is -3.14. The minimum Gasteiger partial charge on any atom is -0.367 e. The molecule has 2 aromatic heterocycles. The second-order valence-corrected chi connectivity index (χ2v) is 7.97. The van der Waals surface area contributed by atoms with Crippen molar-refractivity contribution in [2.45, 2.75) is 25.5 Å². The van der Waals surface area contributed by atoms with Crippen LogP contribution in [0.15, 0.2) is 12.4 Å². The van der Waals surface area contributed by atoms with Crippen LogP contribution >= 0.6 is 0 Å². The summed E-state index contributed by atoms with van der Waals surface area (Å²) in [6.07, 6.45) is 2.70. The van der Waals surface area contributed by atoms with Crippen molar-refractivity contribution in [1.29, 1.82) is 0 Å². The smallest absolute Gasteiger partial charge is 0.154 e. The molecule has 2 rings (SSSR count). The summed E-state index contributed by atoms with van der Waals surface area (Å²) in [7, 11) is -3.14. The summed E-state index contributed by atoms with van der Waals surface area (Å²) in [6.45, 7) is 5.60. The number of aryl methyl sites for hydroxylation is 1. The maximum absolute atomic E-state index is 11.7. The Bertz CT molecular complexity index is 704. The van der Waals surface area contributed by atoms with Gasteiger partial charge in [0.1, 0.15) is 11.8 Å². The van der Waals surface area contributed by atoms with E-state index in [1.165, 1.54) is 12.6 Å². The highest BCUT2D eigenvalue weighted by atomic mass is 32.2. The molecule has 104 valence electrons. The fraction of sp³-hybridized carbons (Fsp3) is 0.500. The number of hydrogen-bond donors (Lipinski definition) is 2. The molecule has 0 atom stereocenters. The fourth-order valence-corrected chi connectivity index (χ4v) is 1.97. The van der Waals surface area contributed by atoms with Crippen molar-refractivity contribution >= 4 is 26.7 Å². The van der Waals surface area contributed by atoms with Gasteiger partial charge in [0.05, 0.1) is 10.3 Å². The number of fused-ring (bicyclic) bond motifs is 1. The maximum Gasteiger partial charge on any atom is 0.154 e. The molecule has 7 heteroatoms. The largest absolute Gasteiger partial charge is 0.367 e. The molecule has 2 heterocycles. The molecule has 0 aliphatic carbocycles. The van der Waals surface area contributed by atoms with Crippen molar-refractivity contribution < 1.29 is 8.42 Å². The Kier molecular flexibility index (Phi) is 3.25. The van der Waals surface area contributed by atoms with Gasteiger partial charge in [0, 0.05) is 18.5 Å². The van der Waals surface area contributed by atoms with Gasteiger partial charge < -0.3 is 10.3 Å². The third-order valence-corrected chi connectivity index (χ3v) is 5.39. The van der Waals surface area contributed by atoms with Crippen molar-refractivity contribution in [3.8, 4) is 0 Å². The zero-order valence-electron chi connectivity index (χ0n) is 11.5. The van der Waals surface area contributed by atoms with Crippen LogP contribution < -0.4 is 5.32 Å². The topological polar surface area (TPSA) is 87.7 Å². The van der Waals surface area contributed by atoms with Gasteiger partial charge in [0.2, 0.25) is 0 Å². The monoisotopic (exact) mass is 282 g/mol. The molecule has 0 amide bonds. The van der Waals surface area contributed by atoms with Crippen LogP contribution in [-0.4, -0.2) is 40.9 Å². The Labute approximate surface area is 112 Å². The highest BCUT2D eigenvalue weighted by Gasteiger charge is 2.30. The second-order valence-electron chi connectivity index (χ2n) is 5.32. The van der Waals surface area contributed by atoms with Gasteiger partial charge in [0.25, 0.3) is 0 Å². The molecule has 0 radical (unpaired) electrons. The van der Waals surface area contributed by atoms with Gasteiger partial charge in [-0.2, -0.15) is 0 Å². The van der Waals surface area contributed by atoms with Crippen LogP contribution in [0.1, 0.15) is 19.5 Å². The van der Waals surface area contributed by atoms with Gasteiger partial charge in [-0.3, -0.25) is 0 Å². The van der Waals surface area contributed by atoms with E-state index in [0.29, 0.717) is 5.82 Å². The first-order chi connectivity index (χ1) is 8.71. The highest BCUT2D eigenvalue weighted by Crippen LogP contribution is 2.21. The first-order valence-electron chi connectivity index (χ1n) is 5.94. The van der Waals surface area contributed by atoms with Gasteiger partial charge >= 0.3 is 0 Å². The fourth-order valence-electron chi connectivity index (χ4n) is 1.63. The number of aromatic nitrogens is 3. The number of H-pyrrole nitrogens is 1. The van der Waals surface area contributed by atoms with Gasteiger partial charge in [-0.05, 0) is 26.8 Å². The van der Waals surface area contributed by atoms with E-state index in [1.807, 2.05) is 13.0 Å². The van der Waals surface area contributed by atoms with Gasteiger partial charge in [-0.1, -0.05) is 0 Å². The molecule has 19 heavy (non-hydrogen) atoms. The van der Waals surface area contributed by atoms with E-state index in [2.05, 4.69) is 20.3 Å². The van der Waals surface area contributed by atoms with Gasteiger partial charge in [-0.15, -0.1) is 0 Å². The zero-order chi connectivity index (χ0) is 14.3. The first kappa shape index (κ1) is 13.8. The molecule has 0 spiro atoms. The molecule has 0 aliphatic heterocycles.